The summed E-state index contributed by atoms with van der Waals surface area (Å²) < 4.78 is 10.5. The van der Waals surface area contributed by atoms with E-state index in [-0.39, 0.29) is 0 Å². The molecule has 1 aliphatic rings. The van der Waals surface area contributed by atoms with Gasteiger partial charge in [-0.25, -0.2) is 0 Å². The summed E-state index contributed by atoms with van der Waals surface area (Å²) in [7, 11) is 3.34. The highest BCUT2D eigenvalue weighted by atomic mass is 16.5. The van der Waals surface area contributed by atoms with Gasteiger partial charge < -0.3 is 25.4 Å². The lowest BCUT2D eigenvalue weighted by atomic mass is 10.1. The summed E-state index contributed by atoms with van der Waals surface area (Å²) in [6.07, 6.45) is 1.11. The molecule has 3 rings (SSSR count). The molecule has 1 fully saturated rings. The van der Waals surface area contributed by atoms with Crippen molar-refractivity contribution in [3.05, 3.63) is 48.5 Å². The van der Waals surface area contributed by atoms with Crippen LogP contribution in [0.15, 0.2) is 53.5 Å². The maximum absolute atomic E-state index is 6.02. The number of benzene rings is 2. The van der Waals surface area contributed by atoms with Crippen LogP contribution in [0.5, 0.6) is 11.5 Å². The summed E-state index contributed by atoms with van der Waals surface area (Å²) in [4.78, 5) is 6.88. The second-order valence-electron chi connectivity index (χ2n) is 6.38. The number of methoxy groups -OCH3 is 2. The van der Waals surface area contributed by atoms with Crippen molar-refractivity contribution in [1.82, 2.24) is 0 Å². The van der Waals surface area contributed by atoms with Crippen molar-refractivity contribution < 1.29 is 9.47 Å². The lowest BCUT2D eigenvalue weighted by Crippen LogP contribution is -2.25. The number of hydrogen-bond donors (Lipinski definition) is 2. The first-order chi connectivity index (χ1) is 12.7. The lowest BCUT2D eigenvalue weighted by Gasteiger charge is -2.19. The third-order valence-corrected chi connectivity index (χ3v) is 4.59. The lowest BCUT2D eigenvalue weighted by molar-refractivity contribution is 0.414. The molecular weight excluding hydrogens is 328 g/mol. The Morgan fingerprint density at radius 2 is 1.92 bits per heavy atom. The molecule has 0 radical (unpaired) electrons. The average molecular weight is 354 g/mol. The average Bonchev–Trinajstić information content (AvgIpc) is 3.16. The second kappa shape index (κ2) is 8.47. The van der Waals surface area contributed by atoms with E-state index in [4.69, 9.17) is 15.2 Å². The van der Waals surface area contributed by atoms with E-state index in [1.807, 2.05) is 36.4 Å². The highest BCUT2D eigenvalue weighted by molar-refractivity contribution is 5.92. The van der Waals surface area contributed by atoms with Gasteiger partial charge in [-0.2, -0.15) is 0 Å². The minimum absolute atomic E-state index is 0.440. The van der Waals surface area contributed by atoms with E-state index in [9.17, 15) is 0 Å². The van der Waals surface area contributed by atoms with Crippen molar-refractivity contribution in [2.24, 2.45) is 16.6 Å². The number of nitrogens with zero attached hydrogens (tertiary/aromatic N) is 2. The Balaban J connectivity index is 1.52. The van der Waals surface area contributed by atoms with Crippen molar-refractivity contribution in [2.75, 3.05) is 44.1 Å². The zero-order valence-electron chi connectivity index (χ0n) is 15.3. The third-order valence-electron chi connectivity index (χ3n) is 4.59. The number of rotatable bonds is 6. The Hall–Kier alpha value is -2.89. The fraction of sp³-hybridized carbons (Fsp3) is 0.350. The van der Waals surface area contributed by atoms with Crippen molar-refractivity contribution in [2.45, 2.75) is 6.42 Å². The Morgan fingerprint density at radius 3 is 2.65 bits per heavy atom. The number of nitrogens with one attached hydrogen (secondary N) is 1. The van der Waals surface area contributed by atoms with Crippen LogP contribution in [0.4, 0.5) is 11.4 Å². The molecule has 0 amide bonds. The van der Waals surface area contributed by atoms with E-state index in [0.717, 1.165) is 43.2 Å². The number of ether oxygens (including phenoxy) is 2. The molecule has 1 heterocycles. The van der Waals surface area contributed by atoms with E-state index in [1.165, 1.54) is 5.69 Å². The smallest absolute Gasteiger partial charge is 0.193 e. The van der Waals surface area contributed by atoms with E-state index in [0.29, 0.717) is 11.9 Å². The molecule has 6 heteroatoms. The molecule has 0 saturated carbocycles. The quantitative estimate of drug-likeness (QED) is 0.616. The second-order valence-corrected chi connectivity index (χ2v) is 6.38. The van der Waals surface area contributed by atoms with Crippen LogP contribution in [-0.4, -0.2) is 39.8 Å². The van der Waals surface area contributed by atoms with Gasteiger partial charge in [0.15, 0.2) is 5.96 Å². The van der Waals surface area contributed by atoms with Crippen molar-refractivity contribution in [3.8, 4) is 11.5 Å². The summed E-state index contributed by atoms with van der Waals surface area (Å²) in [6, 6.07) is 15.8. The van der Waals surface area contributed by atoms with E-state index < -0.39 is 0 Å². The van der Waals surface area contributed by atoms with Gasteiger partial charge in [-0.05, 0) is 48.7 Å². The van der Waals surface area contributed by atoms with Crippen LogP contribution in [0.2, 0.25) is 0 Å². The largest absolute Gasteiger partial charge is 0.497 e. The molecule has 3 N–H and O–H groups in total. The fourth-order valence-electron chi connectivity index (χ4n) is 3.11. The van der Waals surface area contributed by atoms with Crippen molar-refractivity contribution in [1.29, 1.82) is 0 Å². The first-order valence-electron chi connectivity index (χ1n) is 8.78. The Labute approximate surface area is 154 Å². The Bertz CT molecular complexity index is 746. The Kier molecular flexibility index (Phi) is 5.84. The maximum Gasteiger partial charge on any atom is 0.193 e. The van der Waals surface area contributed by atoms with Gasteiger partial charge in [-0.1, -0.05) is 6.07 Å². The first-order valence-corrected chi connectivity index (χ1v) is 8.78. The van der Waals surface area contributed by atoms with Crippen LogP contribution in [0.3, 0.4) is 0 Å². The molecule has 2 aromatic rings. The van der Waals surface area contributed by atoms with Gasteiger partial charge in [0, 0.05) is 37.1 Å². The molecule has 0 spiro atoms. The highest BCUT2D eigenvalue weighted by Gasteiger charge is 2.22. The van der Waals surface area contributed by atoms with Crippen molar-refractivity contribution >= 4 is 17.3 Å². The van der Waals surface area contributed by atoms with E-state index in [2.05, 4.69) is 27.3 Å². The molecule has 0 bridgehead atoms. The number of nitrogens with two attached hydrogens (primary N) is 1. The SMILES string of the molecule is COc1ccc(NC(N)=NCC2CCN(c3cccc(OC)c3)C2)cc1. The van der Waals surface area contributed by atoms with Crippen LogP contribution < -0.4 is 25.4 Å². The fourth-order valence-corrected chi connectivity index (χ4v) is 3.11. The summed E-state index contributed by atoms with van der Waals surface area (Å²) in [6.45, 7) is 2.72. The summed E-state index contributed by atoms with van der Waals surface area (Å²) in [5, 5.41) is 3.12. The van der Waals surface area contributed by atoms with Gasteiger partial charge in [0.1, 0.15) is 11.5 Å². The van der Waals surface area contributed by atoms with Gasteiger partial charge in [0.25, 0.3) is 0 Å². The molecule has 1 aliphatic heterocycles. The van der Waals surface area contributed by atoms with Gasteiger partial charge in [0.05, 0.1) is 14.2 Å². The minimum Gasteiger partial charge on any atom is -0.497 e. The molecule has 1 saturated heterocycles. The predicted molar refractivity (Wildman–Crippen MR) is 106 cm³/mol. The molecule has 2 aromatic carbocycles. The number of aliphatic imine (C=N–C) groups is 1. The number of guanidine groups is 1. The van der Waals surface area contributed by atoms with Gasteiger partial charge in [0.2, 0.25) is 0 Å². The molecule has 0 aliphatic carbocycles. The summed E-state index contributed by atoms with van der Waals surface area (Å²) >= 11 is 0. The maximum atomic E-state index is 6.02. The monoisotopic (exact) mass is 354 g/mol. The molecule has 138 valence electrons. The van der Waals surface area contributed by atoms with Crippen LogP contribution >= 0.6 is 0 Å². The first kappa shape index (κ1) is 17.9. The van der Waals surface area contributed by atoms with Crippen LogP contribution in [-0.2, 0) is 0 Å². The number of hydrogen-bond acceptors (Lipinski definition) is 4. The van der Waals surface area contributed by atoms with E-state index >= 15 is 0 Å². The van der Waals surface area contributed by atoms with Gasteiger partial charge in [-0.3, -0.25) is 4.99 Å². The number of anilines is 2. The zero-order valence-corrected chi connectivity index (χ0v) is 15.3. The molecule has 6 nitrogen and oxygen atoms in total. The molecule has 1 unspecified atom stereocenters. The van der Waals surface area contributed by atoms with Crippen molar-refractivity contribution in [3.63, 3.8) is 0 Å². The minimum atomic E-state index is 0.440. The zero-order chi connectivity index (χ0) is 18.4. The van der Waals surface area contributed by atoms with Gasteiger partial charge >= 0.3 is 0 Å². The topological polar surface area (TPSA) is 72.1 Å². The molecular formula is C20H26N4O2. The van der Waals surface area contributed by atoms with Crippen LogP contribution in [0.1, 0.15) is 6.42 Å². The summed E-state index contributed by atoms with van der Waals surface area (Å²) in [5.74, 6) is 2.64. The Morgan fingerprint density at radius 1 is 1.15 bits per heavy atom. The van der Waals surface area contributed by atoms with E-state index in [1.54, 1.807) is 14.2 Å². The summed E-state index contributed by atoms with van der Waals surface area (Å²) in [5.41, 5.74) is 8.11. The van der Waals surface area contributed by atoms with Gasteiger partial charge in [-0.15, -0.1) is 0 Å². The van der Waals surface area contributed by atoms with Crippen LogP contribution in [0.25, 0.3) is 0 Å². The highest BCUT2D eigenvalue weighted by Crippen LogP contribution is 2.27. The molecule has 1 atom stereocenters. The molecule has 0 aromatic heterocycles. The third kappa shape index (κ3) is 4.59. The molecule has 26 heavy (non-hydrogen) atoms. The standard InChI is InChI=1S/C20H26N4O2/c1-25-18-8-6-16(7-9-18)23-20(21)22-13-15-10-11-24(14-15)17-4-3-5-19(12-17)26-2/h3-9,12,15H,10-11,13-14H2,1-2H3,(H3,21,22,23). The van der Waals surface area contributed by atoms with Crippen LogP contribution in [0, 0.1) is 5.92 Å². The normalized spacial score (nSPS) is 17.2. The predicted octanol–water partition coefficient (Wildman–Crippen LogP) is 2.96.